The van der Waals surface area contributed by atoms with Crippen LogP contribution in [0.4, 0.5) is 0 Å². The van der Waals surface area contributed by atoms with Gasteiger partial charge in [-0.05, 0) is 48.5 Å². The molecule has 2 aromatic carbocycles. The molecule has 1 N–H and O–H groups in total. The lowest BCUT2D eigenvalue weighted by atomic mass is 10.3. The van der Waals surface area contributed by atoms with Gasteiger partial charge in [-0.3, -0.25) is 0 Å². The fourth-order valence-electron chi connectivity index (χ4n) is 1.51. The lowest BCUT2D eigenvalue weighted by molar-refractivity contribution is 0.453. The van der Waals surface area contributed by atoms with E-state index in [0.29, 0.717) is 18.5 Å². The molecule has 0 aromatic heterocycles. The fourth-order valence-corrected chi connectivity index (χ4v) is 2.89. The van der Waals surface area contributed by atoms with Gasteiger partial charge in [0.1, 0.15) is 5.75 Å². The highest BCUT2D eigenvalue weighted by Gasteiger charge is 2.17. The molecule has 0 bridgehead atoms. The van der Waals surface area contributed by atoms with E-state index in [1.165, 1.54) is 48.5 Å². The summed E-state index contributed by atoms with van der Waals surface area (Å²) in [6, 6.07) is 11.7. The van der Waals surface area contributed by atoms with Gasteiger partial charge in [-0.15, -0.1) is 0 Å². The van der Waals surface area contributed by atoms with Crippen molar-refractivity contribution in [2.45, 2.75) is 9.79 Å². The van der Waals surface area contributed by atoms with E-state index in [4.69, 9.17) is 21.3 Å². The molecule has 0 aliphatic rings. The number of hydrogen-bond donors (Lipinski definition) is 1. The van der Waals surface area contributed by atoms with Gasteiger partial charge < -0.3 is 9.68 Å². The lowest BCUT2D eigenvalue weighted by Crippen LogP contribution is -2.03. The molecule has 0 amide bonds. The van der Waals surface area contributed by atoms with E-state index in [9.17, 15) is 8.42 Å². The largest absolute Gasteiger partial charge is 0.569 e. The van der Waals surface area contributed by atoms with Crippen molar-refractivity contribution in [3.63, 3.8) is 0 Å². The normalized spacial score (nSPS) is 11.1. The number of benzene rings is 2. The summed E-state index contributed by atoms with van der Waals surface area (Å²) in [6.07, 6.45) is 0. The van der Waals surface area contributed by atoms with Crippen LogP contribution in [0.25, 0.3) is 0 Å². The van der Waals surface area contributed by atoms with Crippen molar-refractivity contribution >= 4 is 29.1 Å². The Morgan fingerprint density at radius 1 is 0.947 bits per heavy atom. The Bertz CT molecular complexity index is 653. The molecule has 19 heavy (non-hydrogen) atoms. The second kappa shape index (κ2) is 5.65. The van der Waals surface area contributed by atoms with Crippen LogP contribution in [0.1, 0.15) is 0 Å². The molecule has 0 unspecified atom stereocenters. The third-order valence-corrected chi connectivity index (χ3v) is 4.48. The van der Waals surface area contributed by atoms with E-state index >= 15 is 0 Å². The maximum absolute atomic E-state index is 12.3. The topological polar surface area (TPSA) is 63.6 Å². The van der Waals surface area contributed by atoms with Gasteiger partial charge in [0.2, 0.25) is 9.84 Å². The smallest absolute Gasteiger partial charge is 0.537 e. The third kappa shape index (κ3) is 3.09. The highest BCUT2D eigenvalue weighted by atomic mass is 35.5. The molecule has 1 radical (unpaired) electrons. The first-order valence-corrected chi connectivity index (χ1v) is 7.13. The van der Waals surface area contributed by atoms with Crippen molar-refractivity contribution in [1.82, 2.24) is 0 Å². The summed E-state index contributed by atoms with van der Waals surface area (Å²) in [4.78, 5) is 0.305. The minimum Gasteiger partial charge on any atom is -0.537 e. The van der Waals surface area contributed by atoms with Crippen LogP contribution >= 0.6 is 11.6 Å². The van der Waals surface area contributed by atoms with Crippen molar-refractivity contribution in [2.24, 2.45) is 0 Å². The van der Waals surface area contributed by atoms with Crippen LogP contribution in [0.5, 0.6) is 5.75 Å². The van der Waals surface area contributed by atoms with E-state index in [-0.39, 0.29) is 9.79 Å². The summed E-state index contributed by atoms with van der Waals surface area (Å²) in [5.41, 5.74) is 0. The van der Waals surface area contributed by atoms with Crippen LogP contribution < -0.4 is 4.65 Å². The van der Waals surface area contributed by atoms with E-state index in [1.54, 1.807) is 0 Å². The van der Waals surface area contributed by atoms with Gasteiger partial charge in [-0.25, -0.2) is 8.42 Å². The Kier molecular flexibility index (Phi) is 4.14. The molecule has 0 spiro atoms. The number of sulfone groups is 1. The summed E-state index contributed by atoms with van der Waals surface area (Å²) >= 11 is 5.72. The second-order valence-corrected chi connectivity index (χ2v) is 6.04. The van der Waals surface area contributed by atoms with Crippen molar-refractivity contribution in [2.75, 3.05) is 0 Å². The van der Waals surface area contributed by atoms with Crippen LogP contribution in [0, 0.1) is 0 Å². The predicted molar refractivity (Wildman–Crippen MR) is 71.9 cm³/mol. The molecule has 4 nitrogen and oxygen atoms in total. The predicted octanol–water partition coefficient (Wildman–Crippen LogP) is 2.08. The molecule has 0 aliphatic carbocycles. The third-order valence-electron chi connectivity index (χ3n) is 2.45. The van der Waals surface area contributed by atoms with E-state index in [0.717, 1.165) is 0 Å². The molecule has 0 saturated heterocycles. The molecule has 0 atom stereocenters. The Hall–Kier alpha value is -1.50. The maximum Gasteiger partial charge on any atom is 0.569 e. The van der Waals surface area contributed by atoms with E-state index in [1.807, 2.05) is 0 Å². The van der Waals surface area contributed by atoms with Crippen molar-refractivity contribution < 1.29 is 18.1 Å². The molecule has 2 rings (SSSR count). The first-order chi connectivity index (χ1) is 9.04. The molecular weight excluding hydrogens is 286 g/mol. The van der Waals surface area contributed by atoms with Crippen LogP contribution in [-0.2, 0) is 9.84 Å². The van der Waals surface area contributed by atoms with Crippen molar-refractivity contribution in [1.29, 1.82) is 0 Å². The SMILES string of the molecule is O=S(=O)(c1ccc(Cl)cc1)c1ccc(O[B]O)cc1. The molecule has 2 aromatic rings. The van der Waals surface area contributed by atoms with Gasteiger partial charge in [-0.2, -0.15) is 0 Å². The highest BCUT2D eigenvalue weighted by Crippen LogP contribution is 2.24. The Balaban J connectivity index is 2.36. The highest BCUT2D eigenvalue weighted by molar-refractivity contribution is 7.91. The molecule has 0 fully saturated rings. The minimum atomic E-state index is -3.57. The zero-order valence-electron chi connectivity index (χ0n) is 9.65. The molecule has 7 heteroatoms. The van der Waals surface area contributed by atoms with Gasteiger partial charge in [0, 0.05) is 5.02 Å². The van der Waals surface area contributed by atoms with Crippen LogP contribution in [-0.4, -0.2) is 21.1 Å². The molecular formula is C12H9BClO4S. The average molecular weight is 296 g/mol. The maximum atomic E-state index is 12.3. The quantitative estimate of drug-likeness (QED) is 0.877. The molecule has 0 aliphatic heterocycles. The Morgan fingerprint density at radius 3 is 1.89 bits per heavy atom. The molecule has 0 saturated carbocycles. The average Bonchev–Trinajstić information content (AvgIpc) is 2.40. The number of rotatable bonds is 4. The summed E-state index contributed by atoms with van der Waals surface area (Å²) in [5, 5.41) is 8.95. The lowest BCUT2D eigenvalue weighted by Gasteiger charge is -2.06. The summed E-state index contributed by atoms with van der Waals surface area (Å²) in [7, 11) is -3.04. The second-order valence-electron chi connectivity index (χ2n) is 3.65. The standard InChI is InChI=1S/C12H9BClO4S/c14-9-1-5-11(6-2-9)19(16,17)12-7-3-10(4-8-12)18-13-15/h1-8,15H. The van der Waals surface area contributed by atoms with Crippen molar-refractivity contribution in [3.8, 4) is 5.75 Å². The zero-order valence-corrected chi connectivity index (χ0v) is 11.2. The summed E-state index contributed by atoms with van der Waals surface area (Å²) in [6.45, 7) is 0. The van der Waals surface area contributed by atoms with Gasteiger partial charge >= 0.3 is 7.69 Å². The van der Waals surface area contributed by atoms with Gasteiger partial charge in [-0.1, -0.05) is 11.6 Å². The monoisotopic (exact) mass is 295 g/mol. The zero-order chi connectivity index (χ0) is 13.9. The Morgan fingerprint density at radius 2 is 1.42 bits per heavy atom. The number of hydrogen-bond acceptors (Lipinski definition) is 4. The summed E-state index contributed by atoms with van der Waals surface area (Å²) < 4.78 is 29.3. The fraction of sp³-hybridized carbons (Fsp3) is 0. The van der Waals surface area contributed by atoms with Crippen LogP contribution in [0.15, 0.2) is 58.3 Å². The molecule has 0 heterocycles. The van der Waals surface area contributed by atoms with Crippen molar-refractivity contribution in [3.05, 3.63) is 53.6 Å². The molecule has 97 valence electrons. The number of halogens is 1. The summed E-state index contributed by atoms with van der Waals surface area (Å²) in [5.74, 6) is 0.345. The van der Waals surface area contributed by atoms with Gasteiger partial charge in [0.25, 0.3) is 0 Å². The van der Waals surface area contributed by atoms with Gasteiger partial charge in [0.05, 0.1) is 9.79 Å². The Labute approximate surface area is 116 Å². The van der Waals surface area contributed by atoms with Crippen LogP contribution in [0.3, 0.4) is 0 Å². The van der Waals surface area contributed by atoms with E-state index in [2.05, 4.69) is 0 Å². The first kappa shape index (κ1) is 13.9. The van der Waals surface area contributed by atoms with Crippen LogP contribution in [0.2, 0.25) is 5.02 Å². The minimum absolute atomic E-state index is 0.139. The first-order valence-electron chi connectivity index (χ1n) is 5.27. The van der Waals surface area contributed by atoms with E-state index < -0.39 is 9.84 Å². The van der Waals surface area contributed by atoms with Gasteiger partial charge in [0.15, 0.2) is 0 Å².